The second kappa shape index (κ2) is 65.1. The van der Waals surface area contributed by atoms with Gasteiger partial charge in [0.2, 0.25) is 0 Å². The van der Waals surface area contributed by atoms with Crippen LogP contribution in [0, 0.1) is 0 Å². The zero-order valence-corrected chi connectivity index (χ0v) is 50.6. The largest absolute Gasteiger partial charge is 0.462 e. The number of esters is 3. The highest BCUT2D eigenvalue weighted by Crippen LogP contribution is 2.15. The van der Waals surface area contributed by atoms with Gasteiger partial charge in [0.15, 0.2) is 6.10 Å². The van der Waals surface area contributed by atoms with Gasteiger partial charge in [0, 0.05) is 19.3 Å². The summed E-state index contributed by atoms with van der Waals surface area (Å²) in [5.74, 6) is -0.955. The van der Waals surface area contributed by atoms with Gasteiger partial charge in [0.1, 0.15) is 13.2 Å². The molecule has 1 atom stereocenters. The molecule has 0 aromatic rings. The van der Waals surface area contributed by atoms with Crippen LogP contribution >= 0.6 is 0 Å². The van der Waals surface area contributed by atoms with Gasteiger partial charge in [-0.25, -0.2) is 0 Å². The van der Waals surface area contributed by atoms with Crippen molar-refractivity contribution >= 4 is 17.9 Å². The third-order valence-electron chi connectivity index (χ3n) is 13.4. The van der Waals surface area contributed by atoms with Crippen LogP contribution in [0.25, 0.3) is 0 Å². The average Bonchev–Trinajstić information content (AvgIpc) is 3.44. The van der Waals surface area contributed by atoms with Crippen molar-refractivity contribution < 1.29 is 28.6 Å². The second-order valence-corrected chi connectivity index (χ2v) is 20.9. The summed E-state index contributed by atoms with van der Waals surface area (Å²) in [6.07, 6.45) is 91.6. The summed E-state index contributed by atoms with van der Waals surface area (Å²) in [6.45, 7) is 6.38. The topological polar surface area (TPSA) is 78.9 Å². The molecule has 1 unspecified atom stereocenters. The van der Waals surface area contributed by atoms with E-state index in [1.165, 1.54) is 116 Å². The lowest BCUT2D eigenvalue weighted by molar-refractivity contribution is -0.167. The molecule has 0 aliphatic rings. The third kappa shape index (κ3) is 62.4. The Hall–Kier alpha value is -4.45. The van der Waals surface area contributed by atoms with Crippen LogP contribution in [0.15, 0.2) is 134 Å². The molecule has 6 nitrogen and oxygen atoms in total. The van der Waals surface area contributed by atoms with E-state index < -0.39 is 6.10 Å². The van der Waals surface area contributed by atoms with Gasteiger partial charge >= 0.3 is 17.9 Å². The number of rotatable bonds is 57. The van der Waals surface area contributed by atoms with Crippen LogP contribution in [0.2, 0.25) is 0 Å². The molecule has 0 radical (unpaired) electrons. The zero-order chi connectivity index (χ0) is 56.4. The number of allylic oxidation sites excluding steroid dienone is 22. The first-order valence-electron chi connectivity index (χ1n) is 32.2. The summed E-state index contributed by atoms with van der Waals surface area (Å²) in [6, 6.07) is 0. The maximum absolute atomic E-state index is 12.9. The van der Waals surface area contributed by atoms with Gasteiger partial charge in [-0.3, -0.25) is 14.4 Å². The van der Waals surface area contributed by atoms with Crippen LogP contribution in [-0.4, -0.2) is 37.2 Å². The number of carbonyl (C=O) groups excluding carboxylic acids is 3. The Balaban J connectivity index is 4.50. The SMILES string of the molecule is CC/C=C\C/C=C\C/C=C\C/C=C\C/C=C\C/C=C\CCCCC(=O)OCC(COC(=O)CCCCCCCCC/C=C\CCCCCCCCC)OC(=O)CCCCCCCCCC/C=C\C/C=C\C/C=C\C/C=C\CC. The summed E-state index contributed by atoms with van der Waals surface area (Å²) >= 11 is 0. The fourth-order valence-electron chi connectivity index (χ4n) is 8.61. The lowest BCUT2D eigenvalue weighted by atomic mass is 10.1. The molecule has 6 heteroatoms. The van der Waals surface area contributed by atoms with E-state index in [2.05, 4.69) is 154 Å². The average molecular weight is 1080 g/mol. The maximum Gasteiger partial charge on any atom is 0.306 e. The van der Waals surface area contributed by atoms with Crippen LogP contribution in [0.5, 0.6) is 0 Å². The molecule has 0 aliphatic heterocycles. The molecule has 0 aliphatic carbocycles. The molecule has 0 aromatic heterocycles. The van der Waals surface area contributed by atoms with Crippen molar-refractivity contribution in [1.82, 2.24) is 0 Å². The molecular weight excluding hydrogens is 961 g/mol. The smallest absolute Gasteiger partial charge is 0.306 e. The first-order valence-corrected chi connectivity index (χ1v) is 32.2. The molecule has 0 rings (SSSR count). The minimum absolute atomic E-state index is 0.101. The lowest BCUT2D eigenvalue weighted by Crippen LogP contribution is -2.30. The Morgan fingerprint density at radius 2 is 0.500 bits per heavy atom. The molecular formula is C72H118O6. The molecule has 0 spiro atoms. The molecule has 0 amide bonds. The second-order valence-electron chi connectivity index (χ2n) is 20.9. The first-order chi connectivity index (χ1) is 38.5. The van der Waals surface area contributed by atoms with E-state index in [1.54, 1.807) is 0 Å². The van der Waals surface area contributed by atoms with Crippen molar-refractivity contribution in [3.63, 3.8) is 0 Å². The van der Waals surface area contributed by atoms with E-state index in [-0.39, 0.29) is 31.1 Å². The van der Waals surface area contributed by atoms with Crippen LogP contribution in [0.1, 0.15) is 284 Å². The molecule has 0 saturated carbocycles. The first kappa shape index (κ1) is 73.5. The quantitative estimate of drug-likeness (QED) is 0.0261. The van der Waals surface area contributed by atoms with Gasteiger partial charge in [-0.15, -0.1) is 0 Å². The summed E-state index contributed by atoms with van der Waals surface area (Å²) in [5.41, 5.74) is 0. The number of hydrogen-bond donors (Lipinski definition) is 0. The normalized spacial score (nSPS) is 13.0. The number of carbonyl (C=O) groups is 3. The standard InChI is InChI=1S/C72H118O6/c1-4-7-10-13-16-19-22-25-28-31-34-36-38-41-44-47-50-53-56-59-62-65-71(74)77-68-69(67-76-70(73)64-61-58-55-52-49-46-43-40-33-30-27-24-21-18-15-12-9-6-3)78-72(75)66-63-60-57-54-51-48-45-42-39-37-35-32-29-26-23-20-17-14-11-8-5-2/h7-8,10-11,16-17,19-20,25-26,28-30,33-37,41,44,50,53,69H,4-6,9,12-15,18,21-24,27,31-32,38-40,42-43,45-49,51-52,54-68H2,1-3H3/b10-7-,11-8-,19-16-,20-17-,28-25-,29-26-,33-30-,36-34-,37-35-,44-41-,53-50-. The number of ether oxygens (including phenoxy) is 3. The van der Waals surface area contributed by atoms with Gasteiger partial charge in [-0.1, -0.05) is 264 Å². The molecule has 0 bridgehead atoms. The Labute approximate surface area is 481 Å². The Morgan fingerprint density at radius 1 is 0.269 bits per heavy atom. The van der Waals surface area contributed by atoms with Crippen molar-refractivity contribution in [2.75, 3.05) is 13.2 Å². The van der Waals surface area contributed by atoms with Crippen molar-refractivity contribution in [2.45, 2.75) is 290 Å². The van der Waals surface area contributed by atoms with E-state index in [9.17, 15) is 14.4 Å². The summed E-state index contributed by atoms with van der Waals surface area (Å²) in [7, 11) is 0. The van der Waals surface area contributed by atoms with Crippen molar-refractivity contribution in [1.29, 1.82) is 0 Å². The van der Waals surface area contributed by atoms with E-state index in [0.717, 1.165) is 122 Å². The van der Waals surface area contributed by atoms with E-state index in [0.29, 0.717) is 25.7 Å². The van der Waals surface area contributed by atoms with Crippen molar-refractivity contribution in [3.05, 3.63) is 134 Å². The summed E-state index contributed by atoms with van der Waals surface area (Å²) in [5, 5.41) is 0. The highest BCUT2D eigenvalue weighted by molar-refractivity contribution is 5.71. The molecule has 0 saturated heterocycles. The Morgan fingerprint density at radius 3 is 0.821 bits per heavy atom. The van der Waals surface area contributed by atoms with Crippen LogP contribution in [0.3, 0.4) is 0 Å². The van der Waals surface area contributed by atoms with Crippen molar-refractivity contribution in [2.24, 2.45) is 0 Å². The predicted octanol–water partition coefficient (Wildman–Crippen LogP) is 22.2. The molecule has 78 heavy (non-hydrogen) atoms. The molecule has 442 valence electrons. The fraction of sp³-hybridized carbons (Fsp3) is 0.653. The monoisotopic (exact) mass is 1080 g/mol. The highest BCUT2D eigenvalue weighted by atomic mass is 16.6. The summed E-state index contributed by atoms with van der Waals surface area (Å²) in [4.78, 5) is 38.4. The van der Waals surface area contributed by atoms with E-state index in [1.807, 2.05) is 0 Å². The van der Waals surface area contributed by atoms with Gasteiger partial charge < -0.3 is 14.2 Å². The lowest BCUT2D eigenvalue weighted by Gasteiger charge is -2.18. The maximum atomic E-state index is 12.9. The predicted molar refractivity (Wildman–Crippen MR) is 339 cm³/mol. The van der Waals surface area contributed by atoms with Crippen molar-refractivity contribution in [3.8, 4) is 0 Å². The number of hydrogen-bond acceptors (Lipinski definition) is 6. The van der Waals surface area contributed by atoms with Gasteiger partial charge in [0.05, 0.1) is 0 Å². The number of unbranched alkanes of at least 4 members (excludes halogenated alkanes) is 24. The van der Waals surface area contributed by atoms with Crippen LogP contribution in [0.4, 0.5) is 0 Å². The minimum Gasteiger partial charge on any atom is -0.462 e. The van der Waals surface area contributed by atoms with Gasteiger partial charge in [-0.05, 0) is 135 Å². The Bertz CT molecular complexity index is 1670. The zero-order valence-electron chi connectivity index (χ0n) is 50.6. The molecule has 0 fully saturated rings. The Kier molecular flexibility index (Phi) is 61.4. The molecule has 0 heterocycles. The molecule has 0 aromatic carbocycles. The fourth-order valence-corrected chi connectivity index (χ4v) is 8.61. The van der Waals surface area contributed by atoms with E-state index >= 15 is 0 Å². The van der Waals surface area contributed by atoms with Gasteiger partial charge in [0.25, 0.3) is 0 Å². The molecule has 0 N–H and O–H groups in total. The van der Waals surface area contributed by atoms with E-state index in [4.69, 9.17) is 14.2 Å². The highest BCUT2D eigenvalue weighted by Gasteiger charge is 2.19. The minimum atomic E-state index is -0.809. The van der Waals surface area contributed by atoms with Gasteiger partial charge in [-0.2, -0.15) is 0 Å². The summed E-state index contributed by atoms with van der Waals surface area (Å²) < 4.78 is 16.9. The van der Waals surface area contributed by atoms with Crippen LogP contribution < -0.4 is 0 Å². The third-order valence-corrected chi connectivity index (χ3v) is 13.4. The van der Waals surface area contributed by atoms with Crippen LogP contribution in [-0.2, 0) is 28.6 Å².